The highest BCUT2D eigenvalue weighted by Crippen LogP contribution is 2.36. The van der Waals surface area contributed by atoms with Crippen molar-refractivity contribution in [1.82, 2.24) is 4.90 Å². The average Bonchev–Trinajstić information content (AvgIpc) is 3.22. The predicted molar refractivity (Wildman–Crippen MR) is 71.3 cm³/mol. The second kappa shape index (κ2) is 6.14. The first-order valence-electron chi connectivity index (χ1n) is 6.98. The van der Waals surface area contributed by atoms with Crippen LogP contribution in [0.15, 0.2) is 30.3 Å². The molecule has 0 bridgehead atoms. The van der Waals surface area contributed by atoms with Gasteiger partial charge in [0.25, 0.3) is 0 Å². The molecule has 5 heteroatoms. The number of alkyl halides is 3. The number of benzene rings is 1. The highest BCUT2D eigenvalue weighted by Gasteiger charge is 2.42. The van der Waals surface area contributed by atoms with Gasteiger partial charge in [0.2, 0.25) is 0 Å². The highest BCUT2D eigenvalue weighted by atomic mass is 19.4. The van der Waals surface area contributed by atoms with Crippen LogP contribution in [0, 0.1) is 0 Å². The standard InChI is InChI=1S/C15H20F3NO/c1-2-13(14(20)11-6-4-3-5-7-11)19(12-8-9-12)10-15(16,17)18/h3-7,12-14,20H,2,8-10H2,1H3. The molecule has 1 aromatic rings. The lowest BCUT2D eigenvalue weighted by molar-refractivity contribution is -0.158. The second-order valence-corrected chi connectivity index (χ2v) is 5.35. The van der Waals surface area contributed by atoms with Crippen molar-refractivity contribution in [2.24, 2.45) is 0 Å². The van der Waals surface area contributed by atoms with Crippen LogP contribution in [-0.2, 0) is 0 Å². The first-order valence-corrected chi connectivity index (χ1v) is 6.98. The molecule has 0 radical (unpaired) electrons. The third-order valence-corrected chi connectivity index (χ3v) is 3.73. The van der Waals surface area contributed by atoms with Crippen molar-refractivity contribution in [3.63, 3.8) is 0 Å². The molecule has 1 fully saturated rings. The molecule has 0 heterocycles. The minimum absolute atomic E-state index is 0.0417. The Morgan fingerprint density at radius 1 is 1.25 bits per heavy atom. The van der Waals surface area contributed by atoms with Gasteiger partial charge in [0.1, 0.15) is 0 Å². The molecule has 0 aliphatic heterocycles. The molecule has 1 saturated carbocycles. The zero-order valence-electron chi connectivity index (χ0n) is 11.5. The number of hydrogen-bond donors (Lipinski definition) is 1. The van der Waals surface area contributed by atoms with Crippen molar-refractivity contribution in [2.75, 3.05) is 6.54 Å². The maximum absolute atomic E-state index is 12.7. The van der Waals surface area contributed by atoms with Crippen molar-refractivity contribution in [3.8, 4) is 0 Å². The van der Waals surface area contributed by atoms with Crippen LogP contribution < -0.4 is 0 Å². The minimum atomic E-state index is -4.23. The van der Waals surface area contributed by atoms with Gasteiger partial charge < -0.3 is 5.11 Å². The molecule has 1 aliphatic rings. The van der Waals surface area contributed by atoms with Gasteiger partial charge in [0.05, 0.1) is 12.6 Å². The molecular weight excluding hydrogens is 267 g/mol. The van der Waals surface area contributed by atoms with Crippen LogP contribution in [0.1, 0.15) is 37.9 Å². The van der Waals surface area contributed by atoms with Gasteiger partial charge in [-0.05, 0) is 24.8 Å². The molecule has 1 N–H and O–H groups in total. The summed E-state index contributed by atoms with van der Waals surface area (Å²) in [4.78, 5) is 1.43. The van der Waals surface area contributed by atoms with Gasteiger partial charge in [-0.1, -0.05) is 37.3 Å². The van der Waals surface area contributed by atoms with Crippen LogP contribution in [0.5, 0.6) is 0 Å². The maximum atomic E-state index is 12.7. The molecule has 0 spiro atoms. The van der Waals surface area contributed by atoms with E-state index in [0.29, 0.717) is 12.0 Å². The molecule has 2 unspecified atom stereocenters. The van der Waals surface area contributed by atoms with E-state index in [4.69, 9.17) is 0 Å². The van der Waals surface area contributed by atoms with E-state index in [9.17, 15) is 18.3 Å². The van der Waals surface area contributed by atoms with E-state index in [1.807, 2.05) is 13.0 Å². The number of aliphatic hydroxyl groups is 1. The monoisotopic (exact) mass is 287 g/mol. The highest BCUT2D eigenvalue weighted by molar-refractivity contribution is 5.19. The molecule has 112 valence electrons. The van der Waals surface area contributed by atoms with E-state index in [1.54, 1.807) is 24.3 Å². The fraction of sp³-hybridized carbons (Fsp3) is 0.600. The van der Waals surface area contributed by atoms with Crippen molar-refractivity contribution in [2.45, 2.75) is 50.6 Å². The Kier molecular flexibility index (Phi) is 4.70. The lowest BCUT2D eigenvalue weighted by Crippen LogP contribution is -2.45. The van der Waals surface area contributed by atoms with Gasteiger partial charge in [-0.2, -0.15) is 13.2 Å². The van der Waals surface area contributed by atoms with E-state index < -0.39 is 24.9 Å². The Morgan fingerprint density at radius 2 is 1.85 bits per heavy atom. The third-order valence-electron chi connectivity index (χ3n) is 3.73. The lowest BCUT2D eigenvalue weighted by Gasteiger charge is -2.35. The first-order chi connectivity index (χ1) is 9.42. The van der Waals surface area contributed by atoms with Gasteiger partial charge in [-0.15, -0.1) is 0 Å². The van der Waals surface area contributed by atoms with Crippen LogP contribution in [0.4, 0.5) is 13.2 Å². The number of aliphatic hydroxyl groups excluding tert-OH is 1. The largest absolute Gasteiger partial charge is 0.401 e. The van der Waals surface area contributed by atoms with Gasteiger partial charge in [-0.3, -0.25) is 4.90 Å². The van der Waals surface area contributed by atoms with Crippen molar-refractivity contribution < 1.29 is 18.3 Å². The lowest BCUT2D eigenvalue weighted by atomic mass is 9.98. The van der Waals surface area contributed by atoms with Crippen LogP contribution in [0.2, 0.25) is 0 Å². The SMILES string of the molecule is CCC(C(O)c1ccccc1)N(CC(F)(F)F)C1CC1. The molecule has 1 aliphatic carbocycles. The summed E-state index contributed by atoms with van der Waals surface area (Å²) in [5.41, 5.74) is 0.673. The first kappa shape index (κ1) is 15.3. The molecular formula is C15H20F3NO. The molecule has 2 nitrogen and oxygen atoms in total. The molecule has 1 aromatic carbocycles. The zero-order chi connectivity index (χ0) is 14.8. The van der Waals surface area contributed by atoms with Crippen molar-refractivity contribution >= 4 is 0 Å². The molecule has 0 amide bonds. The normalized spacial score (nSPS) is 19.1. The summed E-state index contributed by atoms with van der Waals surface area (Å²) < 4.78 is 38.2. The van der Waals surface area contributed by atoms with E-state index >= 15 is 0 Å². The summed E-state index contributed by atoms with van der Waals surface area (Å²) in [5, 5.41) is 10.4. The predicted octanol–water partition coefficient (Wildman–Crippen LogP) is 3.53. The summed E-state index contributed by atoms with van der Waals surface area (Å²) in [7, 11) is 0. The van der Waals surface area contributed by atoms with E-state index in [2.05, 4.69) is 0 Å². The number of rotatable bonds is 6. The minimum Gasteiger partial charge on any atom is -0.387 e. The van der Waals surface area contributed by atoms with Gasteiger partial charge in [0.15, 0.2) is 0 Å². The van der Waals surface area contributed by atoms with Crippen LogP contribution >= 0.6 is 0 Å². The van der Waals surface area contributed by atoms with Crippen LogP contribution in [0.3, 0.4) is 0 Å². The van der Waals surface area contributed by atoms with E-state index in [-0.39, 0.29) is 6.04 Å². The maximum Gasteiger partial charge on any atom is 0.401 e. The number of hydrogen-bond acceptors (Lipinski definition) is 2. The molecule has 0 saturated heterocycles. The Balaban J connectivity index is 2.15. The number of nitrogens with zero attached hydrogens (tertiary/aromatic N) is 1. The van der Waals surface area contributed by atoms with E-state index in [0.717, 1.165) is 12.8 Å². The summed E-state index contributed by atoms with van der Waals surface area (Å²) >= 11 is 0. The third kappa shape index (κ3) is 3.96. The smallest absolute Gasteiger partial charge is 0.387 e. The second-order valence-electron chi connectivity index (χ2n) is 5.35. The summed E-state index contributed by atoms with van der Waals surface area (Å²) in [6.45, 7) is 0.878. The van der Waals surface area contributed by atoms with Gasteiger partial charge in [-0.25, -0.2) is 0 Å². The average molecular weight is 287 g/mol. The van der Waals surface area contributed by atoms with Gasteiger partial charge in [0, 0.05) is 12.1 Å². The summed E-state index contributed by atoms with van der Waals surface area (Å²) in [5.74, 6) is 0. The van der Waals surface area contributed by atoms with Crippen molar-refractivity contribution in [1.29, 1.82) is 0 Å². The summed E-state index contributed by atoms with van der Waals surface area (Å²) in [6, 6.07) is 8.38. The Hall–Kier alpha value is -1.07. The summed E-state index contributed by atoms with van der Waals surface area (Å²) in [6.07, 6.45) is -3.05. The van der Waals surface area contributed by atoms with Crippen LogP contribution in [-0.4, -0.2) is 34.8 Å². The fourth-order valence-corrected chi connectivity index (χ4v) is 2.64. The Morgan fingerprint density at radius 3 is 2.30 bits per heavy atom. The quantitative estimate of drug-likeness (QED) is 0.865. The van der Waals surface area contributed by atoms with Crippen LogP contribution in [0.25, 0.3) is 0 Å². The molecule has 2 rings (SSSR count). The Bertz CT molecular complexity index is 417. The molecule has 20 heavy (non-hydrogen) atoms. The van der Waals surface area contributed by atoms with Gasteiger partial charge >= 0.3 is 6.18 Å². The topological polar surface area (TPSA) is 23.5 Å². The number of halogens is 3. The fourth-order valence-electron chi connectivity index (χ4n) is 2.64. The zero-order valence-corrected chi connectivity index (χ0v) is 11.5. The molecule has 0 aromatic heterocycles. The molecule has 2 atom stereocenters. The van der Waals surface area contributed by atoms with Crippen molar-refractivity contribution in [3.05, 3.63) is 35.9 Å². The van der Waals surface area contributed by atoms with E-state index in [1.165, 1.54) is 4.90 Å². The Labute approximate surface area is 117 Å².